The average Bonchev–Trinajstić information content (AvgIpc) is 3.35. The van der Waals surface area contributed by atoms with E-state index in [2.05, 4.69) is 32.6 Å². The monoisotopic (exact) mass is 351 g/mol. The summed E-state index contributed by atoms with van der Waals surface area (Å²) in [7, 11) is 1.85. The predicted molar refractivity (Wildman–Crippen MR) is 95.6 cm³/mol. The van der Waals surface area contributed by atoms with Crippen molar-refractivity contribution in [3.63, 3.8) is 0 Å². The van der Waals surface area contributed by atoms with Gasteiger partial charge < -0.3 is 14.4 Å². The first kappa shape index (κ1) is 16.5. The summed E-state index contributed by atoms with van der Waals surface area (Å²) < 4.78 is 7.00. The summed E-state index contributed by atoms with van der Waals surface area (Å²) >= 11 is 0. The third kappa shape index (κ3) is 2.79. The standard InChI is InChI=1S/C19H21N5O2/c1-4-17-22-18(23-26-17)13-5-7-14-12(9-13)6-8-15(14)21-19(25)16-10-20-11(2)24(16)3/h5,7,9-10,15H,4,6,8H2,1-3H3,(H,21,25)/t15-/m1/s1. The zero-order chi connectivity index (χ0) is 18.3. The number of nitrogens with zero attached hydrogens (tertiary/aromatic N) is 4. The number of imidazole rings is 1. The van der Waals surface area contributed by atoms with Crippen LogP contribution in [0.4, 0.5) is 0 Å². The van der Waals surface area contributed by atoms with Crippen LogP contribution in [0.25, 0.3) is 11.4 Å². The molecule has 0 radical (unpaired) electrons. The Balaban J connectivity index is 1.54. The maximum atomic E-state index is 12.6. The summed E-state index contributed by atoms with van der Waals surface area (Å²) in [4.78, 5) is 21.1. The Morgan fingerprint density at radius 2 is 2.27 bits per heavy atom. The van der Waals surface area contributed by atoms with Gasteiger partial charge in [-0.1, -0.05) is 24.2 Å². The molecule has 1 aliphatic rings. The van der Waals surface area contributed by atoms with E-state index in [1.807, 2.05) is 27.0 Å². The smallest absolute Gasteiger partial charge is 0.270 e. The number of hydrogen-bond donors (Lipinski definition) is 1. The topological polar surface area (TPSA) is 85.8 Å². The third-order valence-corrected chi connectivity index (χ3v) is 5.01. The van der Waals surface area contributed by atoms with E-state index in [9.17, 15) is 4.79 Å². The number of hydrogen-bond acceptors (Lipinski definition) is 5. The van der Waals surface area contributed by atoms with Crippen molar-refractivity contribution >= 4 is 5.91 Å². The van der Waals surface area contributed by atoms with Crippen LogP contribution >= 0.6 is 0 Å². The molecule has 7 nitrogen and oxygen atoms in total. The number of aromatic nitrogens is 4. The minimum absolute atomic E-state index is 0.0122. The molecule has 7 heteroatoms. The molecule has 2 aromatic heterocycles. The quantitative estimate of drug-likeness (QED) is 0.781. The highest BCUT2D eigenvalue weighted by atomic mass is 16.5. The van der Waals surface area contributed by atoms with Gasteiger partial charge >= 0.3 is 0 Å². The highest BCUT2D eigenvalue weighted by molar-refractivity contribution is 5.92. The number of fused-ring (bicyclic) bond motifs is 1. The number of amides is 1. The van der Waals surface area contributed by atoms with Crippen LogP contribution in [0, 0.1) is 6.92 Å². The Kier molecular flexibility index (Phi) is 4.06. The van der Waals surface area contributed by atoms with E-state index in [0.717, 1.165) is 36.2 Å². The van der Waals surface area contributed by atoms with Crippen LogP contribution in [-0.2, 0) is 19.9 Å². The maximum absolute atomic E-state index is 12.6. The molecule has 1 amide bonds. The molecule has 0 spiro atoms. The molecule has 0 aliphatic heterocycles. The fourth-order valence-electron chi connectivity index (χ4n) is 3.37. The zero-order valence-electron chi connectivity index (χ0n) is 15.1. The van der Waals surface area contributed by atoms with Gasteiger partial charge in [-0.05, 0) is 37.0 Å². The van der Waals surface area contributed by atoms with E-state index in [-0.39, 0.29) is 11.9 Å². The average molecular weight is 351 g/mol. The molecule has 4 rings (SSSR count). The van der Waals surface area contributed by atoms with Gasteiger partial charge in [-0.25, -0.2) is 4.98 Å². The van der Waals surface area contributed by atoms with E-state index in [1.54, 1.807) is 10.8 Å². The summed E-state index contributed by atoms with van der Waals surface area (Å²) in [5, 5.41) is 7.16. The van der Waals surface area contributed by atoms with E-state index in [4.69, 9.17) is 4.52 Å². The van der Waals surface area contributed by atoms with E-state index >= 15 is 0 Å². The molecule has 0 fully saturated rings. The van der Waals surface area contributed by atoms with Crippen LogP contribution in [0.5, 0.6) is 0 Å². The maximum Gasteiger partial charge on any atom is 0.270 e. The van der Waals surface area contributed by atoms with Crippen molar-refractivity contribution in [1.29, 1.82) is 0 Å². The van der Waals surface area contributed by atoms with Gasteiger partial charge in [-0.3, -0.25) is 4.79 Å². The lowest BCUT2D eigenvalue weighted by atomic mass is 10.0. The summed E-state index contributed by atoms with van der Waals surface area (Å²) in [6.07, 6.45) is 4.13. The lowest BCUT2D eigenvalue weighted by Gasteiger charge is -2.14. The summed E-state index contributed by atoms with van der Waals surface area (Å²) in [5.74, 6) is 1.97. The number of carbonyl (C=O) groups is 1. The highest BCUT2D eigenvalue weighted by Crippen LogP contribution is 2.34. The normalized spacial score (nSPS) is 15.9. The van der Waals surface area contributed by atoms with Crippen LogP contribution in [0.2, 0.25) is 0 Å². The van der Waals surface area contributed by atoms with Crippen molar-refractivity contribution < 1.29 is 9.32 Å². The molecular formula is C19H21N5O2. The highest BCUT2D eigenvalue weighted by Gasteiger charge is 2.26. The second-order valence-electron chi connectivity index (χ2n) is 6.59. The van der Waals surface area contributed by atoms with Crippen LogP contribution in [0.1, 0.15) is 52.7 Å². The minimum Gasteiger partial charge on any atom is -0.344 e. The summed E-state index contributed by atoms with van der Waals surface area (Å²) in [5.41, 5.74) is 3.89. The molecule has 1 N–H and O–H groups in total. The minimum atomic E-state index is -0.0965. The summed E-state index contributed by atoms with van der Waals surface area (Å²) in [6, 6.07) is 6.15. The van der Waals surface area contributed by atoms with Crippen LogP contribution in [0.3, 0.4) is 0 Å². The number of carbonyl (C=O) groups excluding carboxylic acids is 1. The van der Waals surface area contributed by atoms with Gasteiger partial charge in [-0.15, -0.1) is 0 Å². The molecule has 1 aromatic carbocycles. The number of nitrogens with one attached hydrogen (secondary N) is 1. The van der Waals surface area contributed by atoms with Gasteiger partial charge in [0.2, 0.25) is 11.7 Å². The van der Waals surface area contributed by atoms with Crippen molar-refractivity contribution in [2.45, 2.75) is 39.2 Å². The van der Waals surface area contributed by atoms with Crippen LogP contribution < -0.4 is 5.32 Å². The van der Waals surface area contributed by atoms with Gasteiger partial charge in [0.1, 0.15) is 11.5 Å². The fraction of sp³-hybridized carbons (Fsp3) is 0.368. The predicted octanol–water partition coefficient (Wildman–Crippen LogP) is 2.76. The van der Waals surface area contributed by atoms with Crippen molar-refractivity contribution in [2.75, 3.05) is 0 Å². The molecule has 0 saturated carbocycles. The molecule has 1 aliphatic carbocycles. The molecule has 0 unspecified atom stereocenters. The Morgan fingerprint density at radius 3 is 2.96 bits per heavy atom. The first-order valence-electron chi connectivity index (χ1n) is 8.81. The first-order chi connectivity index (χ1) is 12.6. The van der Waals surface area contributed by atoms with Crippen molar-refractivity contribution in [3.05, 3.63) is 52.9 Å². The van der Waals surface area contributed by atoms with Crippen molar-refractivity contribution in [2.24, 2.45) is 7.05 Å². The lowest BCUT2D eigenvalue weighted by molar-refractivity contribution is 0.0928. The molecule has 2 heterocycles. The second-order valence-corrected chi connectivity index (χ2v) is 6.59. The third-order valence-electron chi connectivity index (χ3n) is 5.01. The molecule has 1 atom stereocenters. The Labute approximate surface area is 151 Å². The molecule has 26 heavy (non-hydrogen) atoms. The number of rotatable bonds is 4. The Hall–Kier alpha value is -2.96. The number of benzene rings is 1. The largest absolute Gasteiger partial charge is 0.344 e. The molecule has 0 saturated heterocycles. The van der Waals surface area contributed by atoms with E-state index < -0.39 is 0 Å². The fourth-order valence-corrected chi connectivity index (χ4v) is 3.37. The van der Waals surface area contributed by atoms with Gasteiger partial charge in [0.15, 0.2) is 0 Å². The second kappa shape index (κ2) is 6.40. The van der Waals surface area contributed by atoms with Gasteiger partial charge in [0.05, 0.1) is 12.2 Å². The van der Waals surface area contributed by atoms with Gasteiger partial charge in [0, 0.05) is 19.0 Å². The molecule has 134 valence electrons. The van der Waals surface area contributed by atoms with Gasteiger partial charge in [0.25, 0.3) is 5.91 Å². The Morgan fingerprint density at radius 1 is 1.42 bits per heavy atom. The van der Waals surface area contributed by atoms with E-state index in [0.29, 0.717) is 17.4 Å². The van der Waals surface area contributed by atoms with Crippen molar-refractivity contribution in [1.82, 2.24) is 25.0 Å². The van der Waals surface area contributed by atoms with Crippen LogP contribution in [-0.4, -0.2) is 25.6 Å². The molecular weight excluding hydrogens is 330 g/mol. The van der Waals surface area contributed by atoms with Crippen LogP contribution in [0.15, 0.2) is 28.9 Å². The zero-order valence-corrected chi connectivity index (χ0v) is 15.1. The van der Waals surface area contributed by atoms with E-state index in [1.165, 1.54) is 5.56 Å². The number of aryl methyl sites for hydroxylation is 3. The SMILES string of the molecule is CCc1nc(-c2ccc3c(c2)CC[C@H]3NC(=O)c2cnc(C)n2C)no1. The van der Waals surface area contributed by atoms with Crippen molar-refractivity contribution in [3.8, 4) is 11.4 Å². The lowest BCUT2D eigenvalue weighted by Crippen LogP contribution is -2.28. The molecule has 0 bridgehead atoms. The van der Waals surface area contributed by atoms with Gasteiger partial charge in [-0.2, -0.15) is 4.98 Å². The Bertz CT molecular complexity index is 972. The summed E-state index contributed by atoms with van der Waals surface area (Å²) in [6.45, 7) is 3.86. The molecule has 3 aromatic rings. The first-order valence-corrected chi connectivity index (χ1v) is 8.81.